The second kappa shape index (κ2) is 8.53. The molecule has 0 amide bonds. The van der Waals surface area contributed by atoms with Gasteiger partial charge in [-0.25, -0.2) is 4.79 Å². The molecule has 0 fully saturated rings. The van der Waals surface area contributed by atoms with Gasteiger partial charge in [0.1, 0.15) is 0 Å². The first kappa shape index (κ1) is 18.8. The van der Waals surface area contributed by atoms with Gasteiger partial charge in [0.25, 0.3) is 0 Å². The number of halogens is 1. The second-order valence-electron chi connectivity index (χ2n) is 5.65. The van der Waals surface area contributed by atoms with Crippen LogP contribution < -0.4 is 4.90 Å². The van der Waals surface area contributed by atoms with Crippen molar-refractivity contribution < 1.29 is 19.4 Å². The van der Waals surface area contributed by atoms with Crippen molar-refractivity contribution in [3.05, 3.63) is 64.2 Å². The summed E-state index contributed by atoms with van der Waals surface area (Å²) in [5.41, 5.74) is 2.99. The molecule has 0 bridgehead atoms. The zero-order valence-electron chi connectivity index (χ0n) is 14.2. The quantitative estimate of drug-likeness (QED) is 0.757. The molecule has 0 aliphatic carbocycles. The van der Waals surface area contributed by atoms with Gasteiger partial charge in [-0.3, -0.25) is 4.79 Å². The molecule has 25 heavy (non-hydrogen) atoms. The summed E-state index contributed by atoms with van der Waals surface area (Å²) >= 11 is 6.08. The monoisotopic (exact) mass is 361 g/mol. The first-order chi connectivity index (χ1) is 11.9. The predicted octanol–water partition coefficient (Wildman–Crippen LogP) is 3.92. The second-order valence-corrected chi connectivity index (χ2v) is 6.05. The molecule has 0 radical (unpaired) electrons. The molecule has 132 valence electrons. The van der Waals surface area contributed by atoms with Gasteiger partial charge in [-0.2, -0.15) is 0 Å². The van der Waals surface area contributed by atoms with Crippen molar-refractivity contribution in [3.8, 4) is 0 Å². The minimum Gasteiger partial charge on any atom is -0.481 e. The zero-order valence-corrected chi connectivity index (χ0v) is 14.9. The lowest BCUT2D eigenvalue weighted by molar-refractivity contribution is -0.136. The maximum absolute atomic E-state index is 12.0. The Labute approximate surface area is 151 Å². The van der Waals surface area contributed by atoms with Crippen LogP contribution in [0.25, 0.3) is 0 Å². The molecule has 5 nitrogen and oxygen atoms in total. The van der Waals surface area contributed by atoms with Gasteiger partial charge in [0, 0.05) is 23.8 Å². The lowest BCUT2D eigenvalue weighted by atomic mass is 10.1. The number of aryl methyl sites for hydroxylation is 1. The predicted molar refractivity (Wildman–Crippen MR) is 97.3 cm³/mol. The summed E-state index contributed by atoms with van der Waals surface area (Å²) in [6.07, 6.45) is -0.0118. The van der Waals surface area contributed by atoms with Crippen molar-refractivity contribution in [2.24, 2.45) is 0 Å². The van der Waals surface area contributed by atoms with Crippen LogP contribution in [0.4, 0.5) is 5.69 Å². The van der Waals surface area contributed by atoms with Crippen molar-refractivity contribution in [2.75, 3.05) is 18.6 Å². The van der Waals surface area contributed by atoms with Gasteiger partial charge in [-0.05, 0) is 42.3 Å². The van der Waals surface area contributed by atoms with Crippen LogP contribution in [0.3, 0.4) is 0 Å². The number of carboxylic acid groups (broad SMARTS) is 1. The Morgan fingerprint density at radius 3 is 2.56 bits per heavy atom. The molecular formula is C19H20ClNO4. The van der Waals surface area contributed by atoms with Crippen LogP contribution in [-0.2, 0) is 16.1 Å². The number of methoxy groups -OCH3 is 1. The van der Waals surface area contributed by atoms with Gasteiger partial charge in [0.15, 0.2) is 0 Å². The molecule has 1 N–H and O–H groups in total. The number of aliphatic carboxylic acids is 1. The molecule has 0 atom stereocenters. The van der Waals surface area contributed by atoms with Crippen LogP contribution in [0, 0.1) is 6.92 Å². The van der Waals surface area contributed by atoms with Gasteiger partial charge < -0.3 is 14.7 Å². The van der Waals surface area contributed by atoms with E-state index >= 15 is 0 Å². The zero-order chi connectivity index (χ0) is 18.4. The average molecular weight is 362 g/mol. The number of esters is 1. The number of hydrogen-bond acceptors (Lipinski definition) is 4. The van der Waals surface area contributed by atoms with E-state index in [4.69, 9.17) is 21.4 Å². The lowest BCUT2D eigenvalue weighted by Crippen LogP contribution is -2.26. The van der Waals surface area contributed by atoms with Crippen LogP contribution in [-0.4, -0.2) is 30.7 Å². The minimum absolute atomic E-state index is 0.0118. The van der Waals surface area contributed by atoms with Crippen molar-refractivity contribution in [3.63, 3.8) is 0 Å². The Kier molecular flexibility index (Phi) is 6.42. The number of benzene rings is 2. The van der Waals surface area contributed by atoms with E-state index in [1.807, 2.05) is 36.1 Å². The lowest BCUT2D eigenvalue weighted by Gasteiger charge is -2.26. The van der Waals surface area contributed by atoms with Gasteiger partial charge in [-0.15, -0.1) is 0 Å². The van der Waals surface area contributed by atoms with Crippen molar-refractivity contribution in [1.29, 1.82) is 0 Å². The molecule has 0 aliphatic heterocycles. The van der Waals surface area contributed by atoms with E-state index in [-0.39, 0.29) is 6.42 Å². The molecule has 0 aliphatic rings. The van der Waals surface area contributed by atoms with Crippen LogP contribution in [0.2, 0.25) is 5.02 Å². The largest absolute Gasteiger partial charge is 0.481 e. The SMILES string of the molecule is COC(=O)c1ccccc1CN(CCC(=O)O)c1ccc(Cl)c(C)c1. The van der Waals surface area contributed by atoms with Crippen LogP contribution in [0.15, 0.2) is 42.5 Å². The molecule has 0 unspecified atom stereocenters. The molecule has 0 heterocycles. The van der Waals surface area contributed by atoms with E-state index in [0.717, 1.165) is 16.8 Å². The fourth-order valence-electron chi connectivity index (χ4n) is 2.53. The maximum atomic E-state index is 12.0. The summed E-state index contributed by atoms with van der Waals surface area (Å²) in [5.74, 6) is -1.29. The van der Waals surface area contributed by atoms with E-state index < -0.39 is 11.9 Å². The molecule has 0 aromatic heterocycles. The van der Waals surface area contributed by atoms with Gasteiger partial charge in [0.2, 0.25) is 0 Å². The van der Waals surface area contributed by atoms with Crippen LogP contribution in [0.5, 0.6) is 0 Å². The number of carboxylic acids is 1. The number of anilines is 1. The van der Waals surface area contributed by atoms with E-state index in [1.165, 1.54) is 7.11 Å². The number of rotatable bonds is 7. The molecule has 2 rings (SSSR count). The van der Waals surface area contributed by atoms with Gasteiger partial charge in [0.05, 0.1) is 19.1 Å². The molecule has 0 spiro atoms. The van der Waals surface area contributed by atoms with E-state index in [2.05, 4.69) is 0 Å². The van der Waals surface area contributed by atoms with Crippen LogP contribution in [0.1, 0.15) is 27.9 Å². The summed E-state index contributed by atoms with van der Waals surface area (Å²) in [6, 6.07) is 12.7. The molecular weight excluding hydrogens is 342 g/mol. The van der Waals surface area contributed by atoms with Crippen molar-refractivity contribution in [1.82, 2.24) is 0 Å². The maximum Gasteiger partial charge on any atom is 0.338 e. The Morgan fingerprint density at radius 2 is 1.92 bits per heavy atom. The molecule has 6 heteroatoms. The topological polar surface area (TPSA) is 66.8 Å². The smallest absolute Gasteiger partial charge is 0.338 e. The Bertz CT molecular complexity index is 776. The summed E-state index contributed by atoms with van der Waals surface area (Å²) in [7, 11) is 1.34. The van der Waals surface area contributed by atoms with Gasteiger partial charge in [-0.1, -0.05) is 29.8 Å². The van der Waals surface area contributed by atoms with Gasteiger partial charge >= 0.3 is 11.9 Å². The molecule has 2 aromatic rings. The Hall–Kier alpha value is -2.53. The number of carbonyl (C=O) groups excluding carboxylic acids is 1. The molecule has 0 saturated heterocycles. The van der Waals surface area contributed by atoms with E-state index in [9.17, 15) is 9.59 Å². The highest BCUT2D eigenvalue weighted by Crippen LogP contribution is 2.25. The van der Waals surface area contributed by atoms with E-state index in [0.29, 0.717) is 23.7 Å². The highest BCUT2D eigenvalue weighted by molar-refractivity contribution is 6.31. The number of nitrogens with zero attached hydrogens (tertiary/aromatic N) is 1. The van der Waals surface area contributed by atoms with E-state index in [1.54, 1.807) is 18.2 Å². The third-order valence-corrected chi connectivity index (χ3v) is 4.31. The summed E-state index contributed by atoms with van der Waals surface area (Å²) in [5, 5.41) is 9.68. The van der Waals surface area contributed by atoms with Crippen LogP contribution >= 0.6 is 11.6 Å². The fourth-order valence-corrected chi connectivity index (χ4v) is 2.65. The Morgan fingerprint density at radius 1 is 1.20 bits per heavy atom. The minimum atomic E-state index is -0.878. The average Bonchev–Trinajstić information content (AvgIpc) is 2.60. The highest BCUT2D eigenvalue weighted by atomic mass is 35.5. The third kappa shape index (κ3) is 4.97. The highest BCUT2D eigenvalue weighted by Gasteiger charge is 2.16. The Balaban J connectivity index is 2.35. The molecule has 0 saturated carbocycles. The first-order valence-electron chi connectivity index (χ1n) is 7.81. The number of ether oxygens (including phenoxy) is 1. The first-order valence-corrected chi connectivity index (χ1v) is 8.19. The summed E-state index contributed by atoms with van der Waals surface area (Å²) in [4.78, 5) is 24.9. The molecule has 2 aromatic carbocycles. The number of carbonyl (C=O) groups is 2. The third-order valence-electron chi connectivity index (χ3n) is 3.89. The normalized spacial score (nSPS) is 10.4. The van der Waals surface area contributed by atoms with Crippen molar-refractivity contribution >= 4 is 29.2 Å². The fraction of sp³-hybridized carbons (Fsp3) is 0.263. The van der Waals surface area contributed by atoms with Crippen molar-refractivity contribution in [2.45, 2.75) is 19.9 Å². The standard InChI is InChI=1S/C19H20ClNO4/c1-13-11-15(7-8-17(13)20)21(10-9-18(22)23)12-14-5-3-4-6-16(14)19(24)25-2/h3-8,11H,9-10,12H2,1-2H3,(H,22,23). The number of hydrogen-bond donors (Lipinski definition) is 1. The summed E-state index contributed by atoms with van der Waals surface area (Å²) < 4.78 is 4.83. The summed E-state index contributed by atoms with van der Waals surface area (Å²) in [6.45, 7) is 2.59.